The van der Waals surface area contributed by atoms with Gasteiger partial charge in [-0.05, 0) is 55.3 Å². The molecule has 2 rings (SSSR count). The van der Waals surface area contributed by atoms with Gasteiger partial charge in [0.1, 0.15) is 17.4 Å². The molecule has 0 aliphatic carbocycles. The molecule has 0 spiro atoms. The monoisotopic (exact) mass is 306 g/mol. The van der Waals surface area contributed by atoms with E-state index in [1.54, 1.807) is 31.4 Å². The zero-order chi connectivity index (χ0) is 16.8. The van der Waals surface area contributed by atoms with Crippen LogP contribution in [-0.4, -0.2) is 13.0 Å². The van der Waals surface area contributed by atoms with Crippen LogP contribution in [0.1, 0.15) is 16.7 Å². The minimum Gasteiger partial charge on any atom is -0.497 e. The van der Waals surface area contributed by atoms with Crippen molar-refractivity contribution in [1.29, 1.82) is 5.26 Å². The van der Waals surface area contributed by atoms with E-state index in [9.17, 15) is 10.1 Å². The third-order valence-corrected chi connectivity index (χ3v) is 3.45. The molecule has 0 aliphatic rings. The number of carbonyl (C=O) groups excluding carboxylic acids is 1. The average Bonchev–Trinajstić information content (AvgIpc) is 2.55. The van der Waals surface area contributed by atoms with E-state index in [2.05, 4.69) is 5.32 Å². The Labute approximate surface area is 136 Å². The number of amides is 1. The van der Waals surface area contributed by atoms with Gasteiger partial charge in [-0.15, -0.1) is 0 Å². The van der Waals surface area contributed by atoms with E-state index < -0.39 is 5.91 Å². The molecule has 2 aromatic carbocycles. The van der Waals surface area contributed by atoms with Crippen molar-refractivity contribution in [2.45, 2.75) is 13.8 Å². The van der Waals surface area contributed by atoms with Crippen LogP contribution in [0.4, 0.5) is 5.69 Å². The maximum atomic E-state index is 12.2. The van der Waals surface area contributed by atoms with E-state index in [-0.39, 0.29) is 5.57 Å². The van der Waals surface area contributed by atoms with Crippen molar-refractivity contribution in [3.63, 3.8) is 0 Å². The first-order chi connectivity index (χ1) is 11.0. The Hall–Kier alpha value is -3.06. The summed E-state index contributed by atoms with van der Waals surface area (Å²) in [7, 11) is 1.60. The van der Waals surface area contributed by atoms with Gasteiger partial charge in [0.2, 0.25) is 0 Å². The minimum absolute atomic E-state index is 0.0545. The van der Waals surface area contributed by atoms with Crippen LogP contribution in [0.15, 0.2) is 48.0 Å². The minimum atomic E-state index is -0.424. The highest BCUT2D eigenvalue weighted by molar-refractivity contribution is 6.09. The van der Waals surface area contributed by atoms with Crippen LogP contribution in [0.25, 0.3) is 6.08 Å². The van der Waals surface area contributed by atoms with Crippen LogP contribution in [0, 0.1) is 25.2 Å². The first-order valence-electron chi connectivity index (χ1n) is 7.18. The third-order valence-electron chi connectivity index (χ3n) is 3.45. The van der Waals surface area contributed by atoms with Gasteiger partial charge in [0.25, 0.3) is 5.91 Å². The number of rotatable bonds is 4. The van der Waals surface area contributed by atoms with Crippen molar-refractivity contribution in [2.24, 2.45) is 0 Å². The lowest BCUT2D eigenvalue weighted by atomic mass is 10.1. The number of nitrogens with one attached hydrogen (secondary N) is 1. The van der Waals surface area contributed by atoms with Crippen LogP contribution in [0.5, 0.6) is 5.75 Å². The van der Waals surface area contributed by atoms with E-state index in [1.165, 1.54) is 0 Å². The zero-order valence-electron chi connectivity index (χ0n) is 13.4. The Morgan fingerprint density at radius 2 is 1.87 bits per heavy atom. The van der Waals surface area contributed by atoms with Crippen LogP contribution in [0.2, 0.25) is 0 Å². The number of hydrogen-bond acceptors (Lipinski definition) is 3. The molecule has 0 fully saturated rings. The number of benzene rings is 2. The largest absolute Gasteiger partial charge is 0.497 e. The van der Waals surface area contributed by atoms with Crippen molar-refractivity contribution >= 4 is 17.7 Å². The van der Waals surface area contributed by atoms with E-state index in [4.69, 9.17) is 4.74 Å². The molecule has 1 N–H and O–H groups in total. The van der Waals surface area contributed by atoms with Crippen molar-refractivity contribution in [2.75, 3.05) is 12.4 Å². The fourth-order valence-corrected chi connectivity index (χ4v) is 2.08. The molecule has 0 aromatic heterocycles. The number of methoxy groups -OCH3 is 1. The number of carbonyl (C=O) groups is 1. The number of aryl methyl sites for hydroxylation is 2. The molecule has 0 unspecified atom stereocenters. The van der Waals surface area contributed by atoms with Crippen molar-refractivity contribution in [3.05, 3.63) is 64.7 Å². The summed E-state index contributed by atoms with van der Waals surface area (Å²) < 4.78 is 5.15. The fraction of sp³-hybridized carbons (Fsp3) is 0.158. The predicted molar refractivity (Wildman–Crippen MR) is 91.1 cm³/mol. The van der Waals surface area contributed by atoms with Crippen molar-refractivity contribution in [3.8, 4) is 11.8 Å². The molecule has 0 atom stereocenters. The van der Waals surface area contributed by atoms with Gasteiger partial charge in [-0.2, -0.15) is 5.26 Å². The fourth-order valence-electron chi connectivity index (χ4n) is 2.08. The van der Waals surface area contributed by atoms with Gasteiger partial charge in [0, 0.05) is 5.69 Å². The van der Waals surface area contributed by atoms with E-state index in [1.807, 2.05) is 44.2 Å². The van der Waals surface area contributed by atoms with E-state index in [0.717, 1.165) is 22.4 Å². The molecule has 0 saturated heterocycles. The number of hydrogen-bond donors (Lipinski definition) is 1. The second-order valence-corrected chi connectivity index (χ2v) is 5.21. The molecule has 23 heavy (non-hydrogen) atoms. The summed E-state index contributed by atoms with van der Waals surface area (Å²) in [4.78, 5) is 12.2. The number of ether oxygens (including phenoxy) is 1. The molecule has 2 aromatic rings. The molecular formula is C19H18N2O2. The maximum absolute atomic E-state index is 12.2. The lowest BCUT2D eigenvalue weighted by molar-refractivity contribution is -0.112. The van der Waals surface area contributed by atoms with Crippen LogP contribution < -0.4 is 10.1 Å². The lowest BCUT2D eigenvalue weighted by Crippen LogP contribution is -2.13. The Kier molecular flexibility index (Phi) is 5.16. The molecule has 0 heterocycles. The molecule has 0 radical (unpaired) electrons. The maximum Gasteiger partial charge on any atom is 0.266 e. The quantitative estimate of drug-likeness (QED) is 0.689. The highest BCUT2D eigenvalue weighted by Gasteiger charge is 2.10. The number of nitrogens with zero attached hydrogens (tertiary/aromatic N) is 1. The molecule has 4 heteroatoms. The smallest absolute Gasteiger partial charge is 0.266 e. The van der Waals surface area contributed by atoms with Gasteiger partial charge in [-0.3, -0.25) is 4.79 Å². The summed E-state index contributed by atoms with van der Waals surface area (Å²) in [6, 6.07) is 14.9. The molecule has 0 saturated carbocycles. The lowest BCUT2D eigenvalue weighted by Gasteiger charge is -2.07. The second-order valence-electron chi connectivity index (χ2n) is 5.21. The van der Waals surface area contributed by atoms with Crippen molar-refractivity contribution in [1.82, 2.24) is 0 Å². The first kappa shape index (κ1) is 16.3. The summed E-state index contributed by atoms with van der Waals surface area (Å²) in [6.45, 7) is 3.87. The van der Waals surface area contributed by atoms with E-state index >= 15 is 0 Å². The highest BCUT2D eigenvalue weighted by Crippen LogP contribution is 2.19. The average molecular weight is 306 g/mol. The summed E-state index contributed by atoms with van der Waals surface area (Å²) in [5.74, 6) is 0.314. The molecule has 116 valence electrons. The molecule has 4 nitrogen and oxygen atoms in total. The Bertz CT molecular complexity index is 784. The summed E-state index contributed by atoms with van der Waals surface area (Å²) in [5.41, 5.74) is 3.56. The van der Waals surface area contributed by atoms with Gasteiger partial charge < -0.3 is 10.1 Å². The molecule has 0 aliphatic heterocycles. The predicted octanol–water partition coefficient (Wildman–Crippen LogP) is 3.86. The topological polar surface area (TPSA) is 62.1 Å². The standard InChI is InChI=1S/C19H18N2O2/c1-13-4-7-17(8-5-13)21-19(22)16(12-20)11-15-6-9-18(23-3)10-14(15)2/h4-11H,1-3H3,(H,21,22)/b16-11+. The Morgan fingerprint density at radius 1 is 1.17 bits per heavy atom. The van der Waals surface area contributed by atoms with Crippen LogP contribution in [-0.2, 0) is 4.79 Å². The van der Waals surface area contributed by atoms with Crippen LogP contribution >= 0.6 is 0 Å². The summed E-state index contributed by atoms with van der Waals surface area (Å²) in [6.07, 6.45) is 1.58. The van der Waals surface area contributed by atoms with E-state index in [0.29, 0.717) is 5.69 Å². The van der Waals surface area contributed by atoms with Gasteiger partial charge in [0.05, 0.1) is 7.11 Å². The Balaban J connectivity index is 2.23. The first-order valence-corrected chi connectivity index (χ1v) is 7.18. The van der Waals surface area contributed by atoms with Gasteiger partial charge in [-0.25, -0.2) is 0 Å². The molecular weight excluding hydrogens is 288 g/mol. The second kappa shape index (κ2) is 7.28. The zero-order valence-corrected chi connectivity index (χ0v) is 13.4. The highest BCUT2D eigenvalue weighted by atomic mass is 16.5. The number of anilines is 1. The number of nitriles is 1. The third kappa shape index (κ3) is 4.21. The van der Waals surface area contributed by atoms with Crippen molar-refractivity contribution < 1.29 is 9.53 Å². The Morgan fingerprint density at radius 3 is 2.43 bits per heavy atom. The molecule has 0 bridgehead atoms. The normalized spacial score (nSPS) is 10.8. The van der Waals surface area contributed by atoms with Gasteiger partial charge in [-0.1, -0.05) is 23.8 Å². The van der Waals surface area contributed by atoms with Crippen LogP contribution in [0.3, 0.4) is 0 Å². The van der Waals surface area contributed by atoms with Gasteiger partial charge >= 0.3 is 0 Å². The SMILES string of the molecule is COc1ccc(/C=C(\C#N)C(=O)Nc2ccc(C)cc2)c(C)c1. The van der Waals surface area contributed by atoms with Gasteiger partial charge in [0.15, 0.2) is 0 Å². The summed E-state index contributed by atoms with van der Waals surface area (Å²) >= 11 is 0. The molecule has 1 amide bonds. The summed E-state index contributed by atoms with van der Waals surface area (Å²) in [5, 5.41) is 12.0.